The van der Waals surface area contributed by atoms with Crippen LogP contribution in [0.4, 0.5) is 0 Å². The van der Waals surface area contributed by atoms with Gasteiger partial charge in [-0.15, -0.1) is 0 Å². The van der Waals surface area contributed by atoms with Crippen molar-refractivity contribution in [3.05, 3.63) is 35.4 Å². The first kappa shape index (κ1) is 12.6. The number of nitrogens with two attached hydrogens (primary N) is 1. The summed E-state index contributed by atoms with van der Waals surface area (Å²) in [5.74, 6) is 0.604. The Labute approximate surface area is 105 Å². The molecule has 0 amide bonds. The molecule has 1 aromatic carbocycles. The minimum Gasteiger partial charge on any atom is -0.329 e. The maximum Gasteiger partial charge on any atom is 0.0470 e. The first-order valence-electron chi connectivity index (χ1n) is 6.76. The van der Waals surface area contributed by atoms with E-state index in [1.54, 1.807) is 0 Å². The normalized spacial score (nSPS) is 18.8. The van der Waals surface area contributed by atoms with E-state index in [2.05, 4.69) is 43.0 Å². The van der Waals surface area contributed by atoms with Crippen LogP contribution in [0.5, 0.6) is 0 Å². The Morgan fingerprint density at radius 1 is 1.06 bits per heavy atom. The summed E-state index contributed by atoms with van der Waals surface area (Å²) in [5.41, 5.74) is 8.72. The predicted octanol–water partition coefficient (Wildman–Crippen LogP) is 2.91. The number of nitrogens with zero attached hydrogens (tertiary/aromatic N) is 1. The highest BCUT2D eigenvalue weighted by Gasteiger charge is 2.21. The van der Waals surface area contributed by atoms with Gasteiger partial charge in [0, 0.05) is 12.6 Å². The van der Waals surface area contributed by atoms with Gasteiger partial charge in [-0.2, -0.15) is 0 Å². The minimum absolute atomic E-state index is 0.415. The zero-order valence-corrected chi connectivity index (χ0v) is 11.0. The molecule has 17 heavy (non-hydrogen) atoms. The monoisotopic (exact) mass is 232 g/mol. The van der Waals surface area contributed by atoms with Crippen molar-refractivity contribution in [3.63, 3.8) is 0 Å². The predicted molar refractivity (Wildman–Crippen MR) is 73.1 cm³/mol. The standard InChI is InChI=1S/C15H24N2/c1-12(2)13-5-7-14(8-6-13)15(11-16)17-9-3-4-10-17/h5-8,12,15H,3-4,9-11,16H2,1-2H3. The number of rotatable bonds is 4. The van der Waals surface area contributed by atoms with Crippen molar-refractivity contribution in [2.75, 3.05) is 19.6 Å². The van der Waals surface area contributed by atoms with Crippen molar-refractivity contribution in [3.8, 4) is 0 Å². The molecule has 1 aliphatic rings. The summed E-state index contributed by atoms with van der Waals surface area (Å²) in [4.78, 5) is 2.52. The summed E-state index contributed by atoms with van der Waals surface area (Å²) in [5, 5.41) is 0. The Bertz CT molecular complexity index is 336. The highest BCUT2D eigenvalue weighted by atomic mass is 15.2. The number of hydrogen-bond donors (Lipinski definition) is 1. The van der Waals surface area contributed by atoms with Gasteiger partial charge in [0.05, 0.1) is 0 Å². The molecule has 94 valence electrons. The highest BCUT2D eigenvalue weighted by molar-refractivity contribution is 5.27. The summed E-state index contributed by atoms with van der Waals surface area (Å²) in [6.07, 6.45) is 2.64. The van der Waals surface area contributed by atoms with Gasteiger partial charge in [0.25, 0.3) is 0 Å². The molecule has 1 saturated heterocycles. The quantitative estimate of drug-likeness (QED) is 0.865. The first-order chi connectivity index (χ1) is 8.22. The van der Waals surface area contributed by atoms with Gasteiger partial charge in [-0.25, -0.2) is 0 Å². The van der Waals surface area contributed by atoms with Gasteiger partial charge in [0.1, 0.15) is 0 Å². The molecule has 1 heterocycles. The van der Waals surface area contributed by atoms with Crippen LogP contribution in [-0.4, -0.2) is 24.5 Å². The van der Waals surface area contributed by atoms with Gasteiger partial charge in [-0.1, -0.05) is 38.1 Å². The Hall–Kier alpha value is -0.860. The van der Waals surface area contributed by atoms with E-state index in [0.29, 0.717) is 12.0 Å². The molecule has 0 radical (unpaired) electrons. The Morgan fingerprint density at radius 3 is 2.06 bits per heavy atom. The summed E-state index contributed by atoms with van der Waals surface area (Å²) >= 11 is 0. The average molecular weight is 232 g/mol. The maximum absolute atomic E-state index is 5.94. The number of likely N-dealkylation sites (tertiary alicyclic amines) is 1. The van der Waals surface area contributed by atoms with Gasteiger partial charge in [0.15, 0.2) is 0 Å². The minimum atomic E-state index is 0.415. The molecular formula is C15H24N2. The van der Waals surface area contributed by atoms with E-state index in [4.69, 9.17) is 5.73 Å². The van der Waals surface area contributed by atoms with Gasteiger partial charge in [0.2, 0.25) is 0 Å². The third-order valence-corrected chi connectivity index (χ3v) is 3.79. The molecule has 0 aliphatic carbocycles. The second kappa shape index (κ2) is 5.65. The summed E-state index contributed by atoms with van der Waals surface area (Å²) in [7, 11) is 0. The molecule has 0 aromatic heterocycles. The van der Waals surface area contributed by atoms with E-state index >= 15 is 0 Å². The third kappa shape index (κ3) is 2.88. The van der Waals surface area contributed by atoms with Crippen molar-refractivity contribution in [2.24, 2.45) is 5.73 Å². The van der Waals surface area contributed by atoms with Crippen molar-refractivity contribution < 1.29 is 0 Å². The summed E-state index contributed by atoms with van der Waals surface area (Å²) in [6.45, 7) is 7.59. The lowest BCUT2D eigenvalue weighted by Crippen LogP contribution is -2.31. The lowest BCUT2D eigenvalue weighted by atomic mass is 9.98. The average Bonchev–Trinajstić information content (AvgIpc) is 2.84. The fourth-order valence-electron chi connectivity index (χ4n) is 2.65. The van der Waals surface area contributed by atoms with Crippen LogP contribution in [0.3, 0.4) is 0 Å². The lowest BCUT2D eigenvalue weighted by molar-refractivity contribution is 0.251. The molecule has 2 heteroatoms. The second-order valence-electron chi connectivity index (χ2n) is 5.32. The molecule has 1 atom stereocenters. The number of benzene rings is 1. The summed E-state index contributed by atoms with van der Waals surface area (Å²) < 4.78 is 0. The van der Waals surface area contributed by atoms with Crippen molar-refractivity contribution >= 4 is 0 Å². The Balaban J connectivity index is 2.13. The smallest absolute Gasteiger partial charge is 0.0470 e. The lowest BCUT2D eigenvalue weighted by Gasteiger charge is -2.26. The van der Waals surface area contributed by atoms with Crippen LogP contribution < -0.4 is 5.73 Å². The molecule has 0 saturated carbocycles. The van der Waals surface area contributed by atoms with Crippen molar-refractivity contribution in [1.82, 2.24) is 4.90 Å². The molecule has 1 unspecified atom stereocenters. The zero-order chi connectivity index (χ0) is 12.3. The van der Waals surface area contributed by atoms with Gasteiger partial charge in [-0.05, 0) is 43.0 Å². The van der Waals surface area contributed by atoms with Crippen LogP contribution in [0.15, 0.2) is 24.3 Å². The highest BCUT2D eigenvalue weighted by Crippen LogP contribution is 2.25. The topological polar surface area (TPSA) is 29.3 Å². The zero-order valence-electron chi connectivity index (χ0n) is 11.0. The van der Waals surface area contributed by atoms with E-state index in [1.807, 2.05) is 0 Å². The van der Waals surface area contributed by atoms with Gasteiger partial charge < -0.3 is 5.73 Å². The van der Waals surface area contributed by atoms with E-state index < -0.39 is 0 Å². The van der Waals surface area contributed by atoms with E-state index in [-0.39, 0.29) is 0 Å². The first-order valence-corrected chi connectivity index (χ1v) is 6.76. The fraction of sp³-hybridized carbons (Fsp3) is 0.600. The van der Waals surface area contributed by atoms with E-state index in [0.717, 1.165) is 6.54 Å². The second-order valence-corrected chi connectivity index (χ2v) is 5.32. The number of hydrogen-bond acceptors (Lipinski definition) is 2. The fourth-order valence-corrected chi connectivity index (χ4v) is 2.65. The van der Waals surface area contributed by atoms with Crippen LogP contribution in [0.1, 0.15) is 49.8 Å². The molecule has 2 nitrogen and oxygen atoms in total. The van der Waals surface area contributed by atoms with Crippen LogP contribution in [-0.2, 0) is 0 Å². The van der Waals surface area contributed by atoms with E-state index in [1.165, 1.54) is 37.1 Å². The molecule has 1 aliphatic heterocycles. The Morgan fingerprint density at radius 2 is 1.59 bits per heavy atom. The molecule has 1 aromatic rings. The van der Waals surface area contributed by atoms with E-state index in [9.17, 15) is 0 Å². The molecule has 2 rings (SSSR count). The molecule has 2 N–H and O–H groups in total. The largest absolute Gasteiger partial charge is 0.329 e. The van der Waals surface area contributed by atoms with Crippen molar-refractivity contribution in [1.29, 1.82) is 0 Å². The molecular weight excluding hydrogens is 208 g/mol. The SMILES string of the molecule is CC(C)c1ccc(C(CN)N2CCCC2)cc1. The van der Waals surface area contributed by atoms with Crippen LogP contribution in [0.25, 0.3) is 0 Å². The summed E-state index contributed by atoms with van der Waals surface area (Å²) in [6, 6.07) is 9.42. The molecule has 0 bridgehead atoms. The van der Waals surface area contributed by atoms with Crippen molar-refractivity contribution in [2.45, 2.75) is 38.6 Å². The molecule has 0 spiro atoms. The van der Waals surface area contributed by atoms with Gasteiger partial charge >= 0.3 is 0 Å². The Kier molecular flexibility index (Phi) is 4.19. The van der Waals surface area contributed by atoms with Crippen LogP contribution in [0.2, 0.25) is 0 Å². The molecule has 1 fully saturated rings. The third-order valence-electron chi connectivity index (χ3n) is 3.79. The van der Waals surface area contributed by atoms with Gasteiger partial charge in [-0.3, -0.25) is 4.90 Å². The maximum atomic E-state index is 5.94. The van der Waals surface area contributed by atoms with Crippen LogP contribution in [0, 0.1) is 0 Å². The van der Waals surface area contributed by atoms with Crippen LogP contribution >= 0.6 is 0 Å².